The Kier molecular flexibility index (Phi) is 5.26. The highest BCUT2D eigenvalue weighted by atomic mass is 32.1. The molecule has 5 aliphatic heterocycles. The fraction of sp³-hybridized carbons (Fsp3) is 0.640. The van der Waals surface area contributed by atoms with Crippen molar-refractivity contribution in [3.8, 4) is 0 Å². The Balaban J connectivity index is 1.18. The van der Waals surface area contributed by atoms with E-state index in [0.717, 1.165) is 67.8 Å². The highest BCUT2D eigenvalue weighted by molar-refractivity contribution is 7.13. The van der Waals surface area contributed by atoms with E-state index in [1.54, 1.807) is 0 Å². The average Bonchev–Trinajstić information content (AvgIpc) is 3.45. The van der Waals surface area contributed by atoms with Gasteiger partial charge in [-0.3, -0.25) is 4.79 Å². The van der Waals surface area contributed by atoms with Gasteiger partial charge in [0.05, 0.1) is 10.7 Å². The number of aromatic nitrogens is 1. The number of carbonyl (C=O) groups is 2. The molecule has 5 fully saturated rings. The zero-order valence-corrected chi connectivity index (χ0v) is 21.0. The average molecular weight is 484 g/mol. The van der Waals surface area contributed by atoms with Gasteiger partial charge in [-0.25, -0.2) is 4.79 Å². The van der Waals surface area contributed by atoms with Gasteiger partial charge in [0.1, 0.15) is 11.3 Å². The molecule has 5 saturated heterocycles. The summed E-state index contributed by atoms with van der Waals surface area (Å²) < 4.78 is 11.3. The molecule has 0 unspecified atom stereocenters. The van der Waals surface area contributed by atoms with Crippen molar-refractivity contribution in [2.75, 3.05) is 44.2 Å². The van der Waals surface area contributed by atoms with Crippen LogP contribution in [0.25, 0.3) is 10.1 Å². The zero-order chi connectivity index (χ0) is 23.6. The molecule has 34 heavy (non-hydrogen) atoms. The second-order valence-electron chi connectivity index (χ2n) is 11.1. The van der Waals surface area contributed by atoms with Crippen molar-refractivity contribution in [2.24, 2.45) is 0 Å². The fourth-order valence-corrected chi connectivity index (χ4v) is 6.88. The number of rotatable bonds is 2. The number of amides is 2. The van der Waals surface area contributed by atoms with Gasteiger partial charge in [0.25, 0.3) is 5.91 Å². The van der Waals surface area contributed by atoms with Crippen LogP contribution in [0.4, 0.5) is 10.5 Å². The second-order valence-corrected chi connectivity index (χ2v) is 11.9. The molecule has 0 N–H and O–H groups in total. The highest BCUT2D eigenvalue weighted by Crippen LogP contribution is 2.38. The molecule has 0 aliphatic carbocycles. The van der Waals surface area contributed by atoms with Crippen LogP contribution >= 0.6 is 11.5 Å². The van der Waals surface area contributed by atoms with Crippen LogP contribution in [0.15, 0.2) is 18.2 Å². The van der Waals surface area contributed by atoms with Gasteiger partial charge in [0.2, 0.25) is 0 Å². The first-order valence-corrected chi connectivity index (χ1v) is 13.2. The van der Waals surface area contributed by atoms with E-state index in [1.165, 1.54) is 11.5 Å². The molecule has 8 nitrogen and oxygen atoms in total. The van der Waals surface area contributed by atoms with Gasteiger partial charge >= 0.3 is 6.09 Å². The monoisotopic (exact) mass is 483 g/mol. The third-order valence-electron chi connectivity index (χ3n) is 7.77. The summed E-state index contributed by atoms with van der Waals surface area (Å²) in [7, 11) is 0. The Morgan fingerprint density at radius 3 is 2.50 bits per heavy atom. The number of likely N-dealkylation sites (tertiary alicyclic amines) is 1. The van der Waals surface area contributed by atoms with E-state index < -0.39 is 5.60 Å². The Morgan fingerprint density at radius 1 is 1.00 bits per heavy atom. The molecule has 182 valence electrons. The standard InChI is InChI=1S/C25H33N5O3S/c1-25(2,3)33-24(32)30-15-18-12-19(30)14-29(18)17-4-5-20-21(13-17)34-26-22(20)23(31)28-11-10-27-8-6-16(28)7-9-27/h4-5,13,16,18-19H,6-12,14-15H2,1-3H3/t18-,19-/m0/s1. The molecule has 5 aliphatic rings. The largest absolute Gasteiger partial charge is 0.444 e. The molecule has 2 aromatic rings. The molecular weight excluding hydrogens is 450 g/mol. The van der Waals surface area contributed by atoms with E-state index in [4.69, 9.17) is 4.74 Å². The maximum Gasteiger partial charge on any atom is 0.410 e. The van der Waals surface area contributed by atoms with Gasteiger partial charge in [-0.2, -0.15) is 4.37 Å². The van der Waals surface area contributed by atoms with Crippen molar-refractivity contribution < 1.29 is 14.3 Å². The quantitative estimate of drug-likeness (QED) is 0.652. The van der Waals surface area contributed by atoms with Gasteiger partial charge in [-0.1, -0.05) is 0 Å². The number of hydrogen-bond acceptors (Lipinski definition) is 7. The maximum absolute atomic E-state index is 13.5. The summed E-state index contributed by atoms with van der Waals surface area (Å²) in [5.74, 6) is 0.0842. The summed E-state index contributed by atoms with van der Waals surface area (Å²) in [6.07, 6.45) is 2.89. The van der Waals surface area contributed by atoms with Crippen molar-refractivity contribution in [3.05, 3.63) is 23.9 Å². The molecule has 7 rings (SSSR count). The number of piperidine rings is 1. The predicted molar refractivity (Wildman–Crippen MR) is 133 cm³/mol. The molecule has 0 spiro atoms. The van der Waals surface area contributed by atoms with Crippen LogP contribution in [0, 0.1) is 0 Å². The van der Waals surface area contributed by atoms with Crippen LogP contribution in [0.3, 0.4) is 0 Å². The van der Waals surface area contributed by atoms with E-state index in [0.29, 0.717) is 24.3 Å². The van der Waals surface area contributed by atoms with Crippen molar-refractivity contribution in [3.63, 3.8) is 0 Å². The first kappa shape index (κ1) is 22.1. The number of hydrogen-bond donors (Lipinski definition) is 0. The summed E-state index contributed by atoms with van der Waals surface area (Å²) in [5, 5.41) is 0.956. The SMILES string of the molecule is CC(C)(C)OC(=O)N1C[C@@H]2C[C@H]1CN2c1ccc2c(C(=O)N3CCN4CCC3CC4)nsc2c1. The predicted octanol–water partition coefficient (Wildman–Crippen LogP) is 3.41. The van der Waals surface area contributed by atoms with Gasteiger partial charge in [0.15, 0.2) is 0 Å². The van der Waals surface area contributed by atoms with E-state index in [2.05, 4.69) is 37.3 Å². The summed E-state index contributed by atoms with van der Waals surface area (Å²) >= 11 is 1.42. The van der Waals surface area contributed by atoms with E-state index in [1.807, 2.05) is 25.7 Å². The lowest BCUT2D eigenvalue weighted by atomic mass is 10.0. The molecular formula is C25H33N5O3S. The van der Waals surface area contributed by atoms with Crippen LogP contribution in [-0.4, -0.2) is 94.1 Å². The number of anilines is 1. The second kappa shape index (κ2) is 8.09. The van der Waals surface area contributed by atoms with Crippen molar-refractivity contribution >= 4 is 39.3 Å². The van der Waals surface area contributed by atoms with Gasteiger partial charge in [-0.15, -0.1) is 0 Å². The van der Waals surface area contributed by atoms with Crippen molar-refractivity contribution in [1.82, 2.24) is 19.1 Å². The Bertz CT molecular complexity index is 1120. The number of nitrogens with zero attached hydrogens (tertiary/aromatic N) is 5. The van der Waals surface area contributed by atoms with E-state index >= 15 is 0 Å². The number of piperazine rings is 1. The zero-order valence-electron chi connectivity index (χ0n) is 20.2. The normalized spacial score (nSPS) is 28.6. The van der Waals surface area contributed by atoms with Gasteiger partial charge in [-0.05, 0) is 69.8 Å². The molecule has 4 bridgehead atoms. The van der Waals surface area contributed by atoms with E-state index in [9.17, 15) is 9.59 Å². The van der Waals surface area contributed by atoms with Crippen LogP contribution in [0.2, 0.25) is 0 Å². The molecule has 2 atom stereocenters. The smallest absolute Gasteiger partial charge is 0.410 e. The molecule has 6 heterocycles. The summed E-state index contributed by atoms with van der Waals surface area (Å²) in [4.78, 5) is 34.8. The molecule has 1 aromatic heterocycles. The number of fused-ring (bicyclic) bond motifs is 7. The van der Waals surface area contributed by atoms with Crippen LogP contribution in [0.1, 0.15) is 50.5 Å². The lowest BCUT2D eigenvalue weighted by Gasteiger charge is -2.36. The Morgan fingerprint density at radius 2 is 1.79 bits per heavy atom. The fourth-order valence-electron chi connectivity index (χ4n) is 6.08. The summed E-state index contributed by atoms with van der Waals surface area (Å²) in [6, 6.07) is 7.18. The third-order valence-corrected chi connectivity index (χ3v) is 8.58. The molecule has 0 saturated carbocycles. The summed E-state index contributed by atoms with van der Waals surface area (Å²) in [6.45, 7) is 11.2. The van der Waals surface area contributed by atoms with Crippen LogP contribution in [0.5, 0.6) is 0 Å². The summed E-state index contributed by atoms with van der Waals surface area (Å²) in [5.41, 5.74) is 1.27. The Hall–Kier alpha value is -2.39. The minimum atomic E-state index is -0.477. The number of carbonyl (C=O) groups excluding carboxylic acids is 2. The lowest BCUT2D eigenvalue weighted by Crippen LogP contribution is -2.50. The van der Waals surface area contributed by atoms with Crippen LogP contribution in [-0.2, 0) is 4.74 Å². The minimum Gasteiger partial charge on any atom is -0.444 e. The Labute approximate surface area is 204 Å². The van der Waals surface area contributed by atoms with Crippen molar-refractivity contribution in [2.45, 2.75) is 63.8 Å². The van der Waals surface area contributed by atoms with Gasteiger partial charge in [0, 0.05) is 62.4 Å². The first-order valence-electron chi connectivity index (χ1n) is 12.5. The third kappa shape index (κ3) is 3.82. The highest BCUT2D eigenvalue weighted by Gasteiger charge is 2.46. The van der Waals surface area contributed by atoms with Gasteiger partial charge < -0.3 is 24.3 Å². The molecule has 0 radical (unpaired) electrons. The van der Waals surface area contributed by atoms with Crippen molar-refractivity contribution in [1.29, 1.82) is 0 Å². The molecule has 1 aromatic carbocycles. The lowest BCUT2D eigenvalue weighted by molar-refractivity contribution is 0.0214. The minimum absolute atomic E-state index is 0.0842. The molecule has 2 amide bonds. The maximum atomic E-state index is 13.5. The number of benzene rings is 1. The topological polar surface area (TPSA) is 69.2 Å². The molecule has 9 heteroatoms. The van der Waals surface area contributed by atoms with Crippen LogP contribution < -0.4 is 4.90 Å². The van der Waals surface area contributed by atoms with E-state index in [-0.39, 0.29) is 18.0 Å². The first-order chi connectivity index (χ1) is 16.3. The number of ether oxygens (including phenoxy) is 1.